The monoisotopic (exact) mass is 371 g/mol. The van der Waals surface area contributed by atoms with E-state index in [-0.39, 0.29) is 6.42 Å². The molecule has 25 heavy (non-hydrogen) atoms. The Labute approximate surface area is 148 Å². The highest BCUT2D eigenvalue weighted by molar-refractivity contribution is 6.30. The number of benzene rings is 1. The number of methoxy groups -OCH3 is 1. The molecule has 10 heteroatoms. The molecule has 1 aromatic carbocycles. The van der Waals surface area contributed by atoms with E-state index >= 15 is 0 Å². The van der Waals surface area contributed by atoms with Gasteiger partial charge in [0.15, 0.2) is 6.10 Å². The maximum atomic E-state index is 12.0. The van der Waals surface area contributed by atoms with Gasteiger partial charge in [-0.2, -0.15) is 0 Å². The summed E-state index contributed by atoms with van der Waals surface area (Å²) < 4.78 is 9.21. The summed E-state index contributed by atoms with van der Waals surface area (Å²) in [5.41, 5.74) is 5.69. The molecule has 0 aliphatic heterocycles. The molecule has 0 aliphatic carbocycles. The van der Waals surface area contributed by atoms with Gasteiger partial charge in [0.1, 0.15) is 0 Å². The van der Waals surface area contributed by atoms with E-state index in [9.17, 15) is 19.2 Å². The zero-order valence-electron chi connectivity index (χ0n) is 13.6. The summed E-state index contributed by atoms with van der Waals surface area (Å²) in [6.07, 6.45) is -2.48. The average molecular weight is 372 g/mol. The Morgan fingerprint density at radius 1 is 1.20 bits per heavy atom. The zero-order valence-corrected chi connectivity index (χ0v) is 14.3. The van der Waals surface area contributed by atoms with Gasteiger partial charge in [0.25, 0.3) is 5.91 Å². The lowest BCUT2D eigenvalue weighted by molar-refractivity contribution is -0.155. The number of imide groups is 1. The number of nitrogens with two attached hydrogens (primary N) is 1. The van der Waals surface area contributed by atoms with Crippen LogP contribution in [-0.2, 0) is 19.1 Å². The van der Waals surface area contributed by atoms with E-state index in [1.165, 1.54) is 6.92 Å². The van der Waals surface area contributed by atoms with Crippen molar-refractivity contribution >= 4 is 35.6 Å². The minimum absolute atomic E-state index is 0.277. The van der Waals surface area contributed by atoms with E-state index in [1.807, 2.05) is 5.32 Å². The molecule has 0 bridgehead atoms. The van der Waals surface area contributed by atoms with Crippen molar-refractivity contribution < 1.29 is 28.7 Å². The number of nitrogens with one attached hydrogen (secondary N) is 2. The van der Waals surface area contributed by atoms with Crippen LogP contribution in [0.3, 0.4) is 0 Å². The van der Waals surface area contributed by atoms with Gasteiger partial charge < -0.3 is 20.5 Å². The van der Waals surface area contributed by atoms with Crippen LogP contribution in [0.15, 0.2) is 24.3 Å². The zero-order chi connectivity index (χ0) is 19.0. The smallest absolute Gasteiger partial charge is 0.413 e. The number of alkyl carbamates (subject to hydrolysis) is 1. The number of primary amides is 1. The molecule has 0 spiro atoms. The number of hydrogen-bond acceptors (Lipinski definition) is 6. The van der Waals surface area contributed by atoms with Crippen LogP contribution < -0.4 is 16.4 Å². The van der Waals surface area contributed by atoms with Gasteiger partial charge in [0.05, 0.1) is 19.6 Å². The minimum Gasteiger partial charge on any atom is -0.453 e. The molecule has 0 radical (unpaired) electrons. The number of amides is 4. The quantitative estimate of drug-likeness (QED) is 0.643. The highest BCUT2D eigenvalue weighted by Crippen LogP contribution is 2.20. The van der Waals surface area contributed by atoms with Crippen LogP contribution in [0.4, 0.5) is 9.59 Å². The Morgan fingerprint density at radius 3 is 2.32 bits per heavy atom. The van der Waals surface area contributed by atoms with Crippen molar-refractivity contribution in [1.29, 1.82) is 0 Å². The maximum Gasteiger partial charge on any atom is 0.413 e. The van der Waals surface area contributed by atoms with Crippen LogP contribution >= 0.6 is 11.6 Å². The van der Waals surface area contributed by atoms with E-state index in [4.69, 9.17) is 22.1 Å². The van der Waals surface area contributed by atoms with Gasteiger partial charge in [-0.05, 0) is 24.6 Å². The molecule has 0 saturated carbocycles. The topological polar surface area (TPSA) is 137 Å². The second kappa shape index (κ2) is 9.48. The third kappa shape index (κ3) is 7.08. The first-order valence-electron chi connectivity index (χ1n) is 7.12. The molecular formula is C15H18ClN3O6. The fourth-order valence-corrected chi connectivity index (χ4v) is 1.96. The number of carbonyl (C=O) groups is 4. The minimum atomic E-state index is -1.23. The highest BCUT2D eigenvalue weighted by atomic mass is 35.5. The Kier molecular flexibility index (Phi) is 7.67. The maximum absolute atomic E-state index is 12.0. The summed E-state index contributed by atoms with van der Waals surface area (Å²) in [5.74, 6) is -1.62. The molecule has 0 heterocycles. The second-order valence-corrected chi connectivity index (χ2v) is 5.37. The third-order valence-corrected chi connectivity index (χ3v) is 3.30. The molecule has 0 fully saturated rings. The molecule has 0 aromatic heterocycles. The van der Waals surface area contributed by atoms with E-state index < -0.39 is 36.1 Å². The molecule has 4 amide bonds. The van der Waals surface area contributed by atoms with E-state index in [0.29, 0.717) is 10.6 Å². The van der Waals surface area contributed by atoms with E-state index in [2.05, 4.69) is 10.1 Å². The standard InChI is InChI=1S/C15H18ClN3O6/c1-8(13(21)19-15(23)24-2)25-12(20)7-11(18-14(17)22)9-3-5-10(16)6-4-9/h3-6,8,11H,7H2,1-2H3,(H3,17,18,22)(H,19,21,23)/t8-,11+/m0/s1. The molecule has 9 nitrogen and oxygen atoms in total. The summed E-state index contributed by atoms with van der Waals surface area (Å²) in [6.45, 7) is 1.29. The van der Waals surface area contributed by atoms with Gasteiger partial charge in [-0.1, -0.05) is 23.7 Å². The number of ether oxygens (including phenoxy) is 2. The lowest BCUT2D eigenvalue weighted by Gasteiger charge is -2.19. The van der Waals surface area contributed by atoms with Gasteiger partial charge in [-0.15, -0.1) is 0 Å². The van der Waals surface area contributed by atoms with Gasteiger partial charge in [0.2, 0.25) is 0 Å². The lowest BCUT2D eigenvalue weighted by atomic mass is 10.0. The SMILES string of the molecule is COC(=O)NC(=O)[C@H](C)OC(=O)C[C@@H](NC(N)=O)c1ccc(Cl)cc1. The first-order valence-corrected chi connectivity index (χ1v) is 7.50. The number of esters is 1. The Balaban J connectivity index is 2.71. The Morgan fingerprint density at radius 2 is 1.80 bits per heavy atom. The van der Waals surface area contributed by atoms with Crippen LogP contribution in [0.5, 0.6) is 0 Å². The van der Waals surface area contributed by atoms with Crippen molar-refractivity contribution in [2.45, 2.75) is 25.5 Å². The first-order chi connectivity index (χ1) is 11.7. The van der Waals surface area contributed by atoms with Crippen molar-refractivity contribution in [1.82, 2.24) is 10.6 Å². The Bertz CT molecular complexity index is 649. The molecule has 4 N–H and O–H groups in total. The van der Waals surface area contributed by atoms with Gasteiger partial charge in [-0.25, -0.2) is 9.59 Å². The predicted octanol–water partition coefficient (Wildman–Crippen LogP) is 1.25. The molecule has 136 valence electrons. The predicted molar refractivity (Wildman–Crippen MR) is 87.6 cm³/mol. The van der Waals surface area contributed by atoms with Crippen molar-refractivity contribution in [3.05, 3.63) is 34.9 Å². The summed E-state index contributed by atoms with van der Waals surface area (Å²) in [4.78, 5) is 45.7. The number of carbonyl (C=O) groups excluding carboxylic acids is 4. The molecule has 0 saturated heterocycles. The molecule has 0 unspecified atom stereocenters. The van der Waals surface area contributed by atoms with Crippen LogP contribution in [-0.4, -0.2) is 37.2 Å². The van der Waals surface area contributed by atoms with Crippen molar-refractivity contribution in [2.75, 3.05) is 7.11 Å². The molecule has 2 atom stereocenters. The number of urea groups is 1. The van der Waals surface area contributed by atoms with E-state index in [1.54, 1.807) is 24.3 Å². The molecule has 1 rings (SSSR count). The number of halogens is 1. The van der Waals surface area contributed by atoms with Crippen molar-refractivity contribution in [3.63, 3.8) is 0 Å². The van der Waals surface area contributed by atoms with Crippen LogP contribution in [0, 0.1) is 0 Å². The van der Waals surface area contributed by atoms with Crippen LogP contribution in [0.2, 0.25) is 5.02 Å². The lowest BCUT2D eigenvalue weighted by Crippen LogP contribution is -2.40. The second-order valence-electron chi connectivity index (χ2n) is 4.93. The normalized spacial score (nSPS) is 12.4. The van der Waals surface area contributed by atoms with Crippen LogP contribution in [0.25, 0.3) is 0 Å². The average Bonchev–Trinajstić information content (AvgIpc) is 2.54. The summed E-state index contributed by atoms with van der Waals surface area (Å²) in [6, 6.07) is 4.81. The van der Waals surface area contributed by atoms with E-state index in [0.717, 1.165) is 7.11 Å². The summed E-state index contributed by atoms with van der Waals surface area (Å²) in [7, 11) is 1.09. The van der Waals surface area contributed by atoms with Crippen molar-refractivity contribution in [2.24, 2.45) is 5.73 Å². The first kappa shape index (κ1) is 20.2. The highest BCUT2D eigenvalue weighted by Gasteiger charge is 2.23. The molecule has 0 aliphatic rings. The van der Waals surface area contributed by atoms with Crippen molar-refractivity contribution in [3.8, 4) is 0 Å². The fraction of sp³-hybridized carbons (Fsp3) is 0.333. The number of rotatable bonds is 6. The van der Waals surface area contributed by atoms with Gasteiger partial charge in [0, 0.05) is 5.02 Å². The molecule has 1 aromatic rings. The summed E-state index contributed by atoms with van der Waals surface area (Å²) in [5, 5.41) is 4.77. The van der Waals surface area contributed by atoms with Gasteiger partial charge in [-0.3, -0.25) is 14.9 Å². The Hall–Kier alpha value is -2.81. The van der Waals surface area contributed by atoms with Gasteiger partial charge >= 0.3 is 18.1 Å². The molecular weight excluding hydrogens is 354 g/mol. The summed E-state index contributed by atoms with van der Waals surface area (Å²) >= 11 is 5.80. The largest absolute Gasteiger partial charge is 0.453 e. The van der Waals surface area contributed by atoms with Crippen LogP contribution in [0.1, 0.15) is 24.9 Å². The third-order valence-electron chi connectivity index (χ3n) is 3.05. The number of hydrogen-bond donors (Lipinski definition) is 3. The fourth-order valence-electron chi connectivity index (χ4n) is 1.84.